The number of nitrogens with zero attached hydrogens (tertiary/aromatic N) is 2. The van der Waals surface area contributed by atoms with Gasteiger partial charge in [0.2, 0.25) is 5.89 Å². The summed E-state index contributed by atoms with van der Waals surface area (Å²) in [5.41, 5.74) is 7.84. The van der Waals surface area contributed by atoms with E-state index >= 15 is 0 Å². The van der Waals surface area contributed by atoms with Crippen molar-refractivity contribution in [3.63, 3.8) is 0 Å². The third-order valence-electron chi connectivity index (χ3n) is 2.47. The third-order valence-corrected chi connectivity index (χ3v) is 2.47. The molecule has 0 radical (unpaired) electrons. The van der Waals surface area contributed by atoms with E-state index in [0.29, 0.717) is 11.9 Å². The second kappa shape index (κ2) is 4.97. The highest BCUT2D eigenvalue weighted by Gasteiger charge is 2.10. The molecule has 0 bridgehead atoms. The standard InChI is InChI=1S/C12H16N4O/c1-3-9-6-4-5-7-10(9)14-12-16-15-11(17-12)8(2)13/h4-8H,3,13H2,1-2H3,(H,14,16). The SMILES string of the molecule is CCc1ccccc1Nc1nnc(C(C)N)o1. The summed E-state index contributed by atoms with van der Waals surface area (Å²) in [5, 5.41) is 10.9. The Labute approximate surface area is 100 Å². The number of nitrogens with one attached hydrogen (secondary N) is 1. The summed E-state index contributed by atoms with van der Waals surface area (Å²) in [5.74, 6) is 0.432. The maximum absolute atomic E-state index is 5.65. The number of para-hydroxylation sites is 1. The molecule has 1 atom stereocenters. The van der Waals surface area contributed by atoms with E-state index in [1.165, 1.54) is 5.56 Å². The normalized spacial score (nSPS) is 12.4. The fourth-order valence-corrected chi connectivity index (χ4v) is 1.53. The van der Waals surface area contributed by atoms with E-state index in [1.807, 2.05) is 18.2 Å². The Bertz CT molecular complexity index is 493. The largest absolute Gasteiger partial charge is 0.406 e. The molecule has 17 heavy (non-hydrogen) atoms. The average Bonchev–Trinajstić information content (AvgIpc) is 2.78. The van der Waals surface area contributed by atoms with Gasteiger partial charge in [0.1, 0.15) is 0 Å². The summed E-state index contributed by atoms with van der Waals surface area (Å²) in [4.78, 5) is 0. The van der Waals surface area contributed by atoms with Crippen molar-refractivity contribution in [3.8, 4) is 0 Å². The summed E-state index contributed by atoms with van der Waals surface area (Å²) < 4.78 is 5.39. The van der Waals surface area contributed by atoms with Crippen molar-refractivity contribution in [2.45, 2.75) is 26.3 Å². The van der Waals surface area contributed by atoms with Crippen LogP contribution in [-0.2, 0) is 6.42 Å². The van der Waals surface area contributed by atoms with Gasteiger partial charge in [-0.3, -0.25) is 0 Å². The molecule has 90 valence electrons. The van der Waals surface area contributed by atoms with Gasteiger partial charge in [0, 0.05) is 5.69 Å². The molecular formula is C12H16N4O. The predicted molar refractivity (Wildman–Crippen MR) is 66.0 cm³/mol. The molecule has 0 aliphatic carbocycles. The third kappa shape index (κ3) is 2.62. The Morgan fingerprint density at radius 2 is 2.12 bits per heavy atom. The van der Waals surface area contributed by atoms with Crippen LogP contribution in [-0.4, -0.2) is 10.2 Å². The first-order valence-corrected chi connectivity index (χ1v) is 5.64. The summed E-state index contributed by atoms with van der Waals surface area (Å²) in [6.45, 7) is 3.90. The Hall–Kier alpha value is -1.88. The van der Waals surface area contributed by atoms with Gasteiger partial charge in [0.15, 0.2) is 0 Å². The number of aromatic nitrogens is 2. The molecule has 5 nitrogen and oxygen atoms in total. The minimum absolute atomic E-state index is 0.250. The van der Waals surface area contributed by atoms with E-state index in [0.717, 1.165) is 12.1 Å². The Morgan fingerprint density at radius 3 is 2.76 bits per heavy atom. The van der Waals surface area contributed by atoms with Crippen molar-refractivity contribution in [1.82, 2.24) is 10.2 Å². The first-order valence-electron chi connectivity index (χ1n) is 5.64. The van der Waals surface area contributed by atoms with Crippen LogP contribution in [0.5, 0.6) is 0 Å². The highest BCUT2D eigenvalue weighted by atomic mass is 16.4. The Morgan fingerprint density at radius 1 is 1.35 bits per heavy atom. The minimum atomic E-state index is -0.250. The zero-order chi connectivity index (χ0) is 12.3. The summed E-state index contributed by atoms with van der Waals surface area (Å²) in [7, 11) is 0. The number of nitrogens with two attached hydrogens (primary N) is 1. The molecular weight excluding hydrogens is 216 g/mol. The highest BCUT2D eigenvalue weighted by molar-refractivity contribution is 5.57. The van der Waals surface area contributed by atoms with Crippen molar-refractivity contribution < 1.29 is 4.42 Å². The van der Waals surface area contributed by atoms with Gasteiger partial charge in [-0.05, 0) is 25.0 Å². The van der Waals surface area contributed by atoms with Gasteiger partial charge in [-0.25, -0.2) is 0 Å². The van der Waals surface area contributed by atoms with Gasteiger partial charge >= 0.3 is 6.01 Å². The van der Waals surface area contributed by atoms with E-state index in [9.17, 15) is 0 Å². The van der Waals surface area contributed by atoms with Gasteiger partial charge < -0.3 is 15.5 Å². The minimum Gasteiger partial charge on any atom is -0.406 e. The lowest BCUT2D eigenvalue weighted by Gasteiger charge is -2.06. The molecule has 0 saturated heterocycles. The zero-order valence-corrected chi connectivity index (χ0v) is 9.97. The average molecular weight is 232 g/mol. The van der Waals surface area contributed by atoms with Crippen LogP contribution in [0.4, 0.5) is 11.7 Å². The monoisotopic (exact) mass is 232 g/mol. The smallest absolute Gasteiger partial charge is 0.320 e. The summed E-state index contributed by atoms with van der Waals surface area (Å²) in [6.07, 6.45) is 0.942. The molecule has 0 aliphatic heterocycles. The van der Waals surface area contributed by atoms with Crippen molar-refractivity contribution in [2.24, 2.45) is 5.73 Å². The van der Waals surface area contributed by atoms with Crippen LogP contribution in [0.1, 0.15) is 31.3 Å². The van der Waals surface area contributed by atoms with E-state index in [1.54, 1.807) is 6.92 Å². The van der Waals surface area contributed by atoms with Gasteiger partial charge in [0.05, 0.1) is 6.04 Å². The van der Waals surface area contributed by atoms with Gasteiger partial charge in [-0.2, -0.15) is 0 Å². The fourth-order valence-electron chi connectivity index (χ4n) is 1.53. The molecule has 2 aromatic rings. The van der Waals surface area contributed by atoms with Crippen molar-refractivity contribution in [1.29, 1.82) is 0 Å². The van der Waals surface area contributed by atoms with Crippen molar-refractivity contribution in [2.75, 3.05) is 5.32 Å². The number of hydrogen-bond acceptors (Lipinski definition) is 5. The quantitative estimate of drug-likeness (QED) is 0.846. The highest BCUT2D eigenvalue weighted by Crippen LogP contribution is 2.21. The molecule has 5 heteroatoms. The maximum atomic E-state index is 5.65. The van der Waals surface area contributed by atoms with E-state index in [4.69, 9.17) is 10.2 Å². The first kappa shape index (κ1) is 11.6. The molecule has 0 amide bonds. The van der Waals surface area contributed by atoms with Gasteiger partial charge in [0.25, 0.3) is 0 Å². The van der Waals surface area contributed by atoms with Crippen LogP contribution in [0.3, 0.4) is 0 Å². The lowest BCUT2D eigenvalue weighted by molar-refractivity contribution is 0.475. The van der Waals surface area contributed by atoms with Crippen LogP contribution in [0.15, 0.2) is 28.7 Å². The Balaban J connectivity index is 2.19. The molecule has 1 heterocycles. The zero-order valence-electron chi connectivity index (χ0n) is 9.97. The van der Waals surface area contributed by atoms with E-state index in [-0.39, 0.29) is 6.04 Å². The number of anilines is 2. The van der Waals surface area contributed by atoms with Crippen LogP contribution >= 0.6 is 0 Å². The van der Waals surface area contributed by atoms with Crippen LogP contribution in [0, 0.1) is 0 Å². The van der Waals surface area contributed by atoms with Crippen LogP contribution in [0.25, 0.3) is 0 Å². The molecule has 1 aromatic carbocycles. The molecule has 0 fully saturated rings. The number of benzene rings is 1. The van der Waals surface area contributed by atoms with Gasteiger partial charge in [-0.15, -0.1) is 5.10 Å². The second-order valence-electron chi connectivity index (χ2n) is 3.87. The molecule has 1 unspecified atom stereocenters. The topological polar surface area (TPSA) is 77.0 Å². The molecule has 2 rings (SSSR count). The van der Waals surface area contributed by atoms with Crippen molar-refractivity contribution >= 4 is 11.7 Å². The second-order valence-corrected chi connectivity index (χ2v) is 3.87. The van der Waals surface area contributed by atoms with E-state index < -0.39 is 0 Å². The lowest BCUT2D eigenvalue weighted by atomic mass is 10.1. The number of rotatable bonds is 4. The lowest BCUT2D eigenvalue weighted by Crippen LogP contribution is -2.04. The fraction of sp³-hybridized carbons (Fsp3) is 0.333. The summed E-state index contributed by atoms with van der Waals surface area (Å²) >= 11 is 0. The molecule has 0 spiro atoms. The first-order chi connectivity index (χ1) is 8.20. The van der Waals surface area contributed by atoms with Gasteiger partial charge in [-0.1, -0.05) is 30.2 Å². The summed E-state index contributed by atoms with van der Waals surface area (Å²) in [6, 6.07) is 8.13. The van der Waals surface area contributed by atoms with E-state index in [2.05, 4.69) is 28.5 Å². The molecule has 0 saturated carbocycles. The molecule has 3 N–H and O–H groups in total. The molecule has 1 aromatic heterocycles. The van der Waals surface area contributed by atoms with Crippen molar-refractivity contribution in [3.05, 3.63) is 35.7 Å². The van der Waals surface area contributed by atoms with Crippen LogP contribution in [0.2, 0.25) is 0 Å². The number of hydrogen-bond donors (Lipinski definition) is 2. The van der Waals surface area contributed by atoms with Crippen LogP contribution < -0.4 is 11.1 Å². The molecule has 0 aliphatic rings. The predicted octanol–water partition coefficient (Wildman–Crippen LogP) is 2.40. The maximum Gasteiger partial charge on any atom is 0.320 e. The Kier molecular flexibility index (Phi) is 3.39. The number of aryl methyl sites for hydroxylation is 1.